The molecule has 0 spiro atoms. The van der Waals surface area contributed by atoms with Crippen LogP contribution in [0.1, 0.15) is 6.42 Å². The minimum Gasteiger partial charge on any atom is -0.480 e. The maximum absolute atomic E-state index is 11.9. The Kier molecular flexibility index (Phi) is 4.87. The molecule has 7 nitrogen and oxygen atoms in total. The minimum atomic E-state index is -4.15. The van der Waals surface area contributed by atoms with Crippen molar-refractivity contribution in [2.75, 3.05) is 0 Å². The van der Waals surface area contributed by atoms with E-state index in [1.165, 1.54) is 24.3 Å². The highest BCUT2D eigenvalue weighted by Crippen LogP contribution is 2.20. The van der Waals surface area contributed by atoms with Gasteiger partial charge in [0.05, 0.1) is 11.4 Å². The lowest BCUT2D eigenvalue weighted by molar-refractivity contribution is -0.140. The van der Waals surface area contributed by atoms with Gasteiger partial charge in [-0.3, -0.25) is 9.59 Å². The van der Waals surface area contributed by atoms with Crippen LogP contribution in [0.4, 0.5) is 0 Å². The van der Waals surface area contributed by atoms with Crippen molar-refractivity contribution < 1.29 is 23.1 Å². The summed E-state index contributed by atoms with van der Waals surface area (Å²) < 4.78 is 25.7. The van der Waals surface area contributed by atoms with Crippen molar-refractivity contribution in [2.45, 2.75) is 17.4 Å². The number of halogens is 1. The van der Waals surface area contributed by atoms with Crippen molar-refractivity contribution in [3.05, 3.63) is 29.3 Å². The van der Waals surface area contributed by atoms with Crippen molar-refractivity contribution in [3.63, 3.8) is 0 Å². The number of hydrogen-bond donors (Lipinski definition) is 3. The number of carboxylic acids is 1. The summed E-state index contributed by atoms with van der Waals surface area (Å²) in [5.41, 5.74) is 4.86. The van der Waals surface area contributed by atoms with Crippen molar-refractivity contribution in [1.29, 1.82) is 0 Å². The number of rotatable bonds is 6. The molecule has 0 aliphatic rings. The summed E-state index contributed by atoms with van der Waals surface area (Å²) >= 11 is 5.72. The number of nitrogens with one attached hydrogen (secondary N) is 1. The predicted octanol–water partition coefficient (Wildman–Crippen LogP) is -0.0531. The van der Waals surface area contributed by atoms with Gasteiger partial charge in [0.25, 0.3) is 0 Å². The molecular weight excluding hydrogens is 296 g/mol. The van der Waals surface area contributed by atoms with Crippen molar-refractivity contribution in [1.82, 2.24) is 4.72 Å². The highest BCUT2D eigenvalue weighted by Gasteiger charge is 2.27. The molecule has 4 N–H and O–H groups in total. The van der Waals surface area contributed by atoms with Crippen LogP contribution in [-0.2, 0) is 19.6 Å². The third-order valence-corrected chi connectivity index (χ3v) is 4.10. The molecule has 0 saturated carbocycles. The number of benzene rings is 1. The zero-order valence-corrected chi connectivity index (χ0v) is 11.1. The number of carbonyl (C=O) groups excluding carboxylic acids is 1. The fourth-order valence-corrected chi connectivity index (χ4v) is 3.00. The van der Waals surface area contributed by atoms with E-state index in [1.54, 1.807) is 0 Å². The number of nitrogens with two attached hydrogens (primary N) is 1. The molecule has 1 amide bonds. The minimum absolute atomic E-state index is 0.0572. The van der Waals surface area contributed by atoms with Gasteiger partial charge in [0.2, 0.25) is 15.9 Å². The summed E-state index contributed by atoms with van der Waals surface area (Å²) in [5, 5.41) is 8.78. The van der Waals surface area contributed by atoms with Crippen LogP contribution in [0.25, 0.3) is 0 Å². The van der Waals surface area contributed by atoms with Gasteiger partial charge in [-0.2, -0.15) is 4.72 Å². The molecule has 0 fully saturated rings. The number of carboxylic acid groups (broad SMARTS) is 1. The first kappa shape index (κ1) is 15.4. The van der Waals surface area contributed by atoms with E-state index in [0.29, 0.717) is 0 Å². The summed E-state index contributed by atoms with van der Waals surface area (Å²) in [6.45, 7) is 0. The smallest absolute Gasteiger partial charge is 0.322 e. The second kappa shape index (κ2) is 6.00. The second-order valence-corrected chi connectivity index (χ2v) is 5.70. The van der Waals surface area contributed by atoms with Gasteiger partial charge >= 0.3 is 5.97 Å². The summed E-state index contributed by atoms with van der Waals surface area (Å²) in [5.74, 6) is -2.44. The van der Waals surface area contributed by atoms with Gasteiger partial charge in [0.15, 0.2) is 0 Å². The van der Waals surface area contributed by atoms with Crippen LogP contribution in [0.2, 0.25) is 5.02 Å². The molecule has 1 rings (SSSR count). The van der Waals surface area contributed by atoms with Crippen LogP contribution in [0.15, 0.2) is 29.2 Å². The number of primary amides is 1. The topological polar surface area (TPSA) is 127 Å². The van der Waals surface area contributed by atoms with Crippen molar-refractivity contribution in [3.8, 4) is 0 Å². The molecule has 0 bridgehead atoms. The van der Waals surface area contributed by atoms with Crippen LogP contribution >= 0.6 is 11.6 Å². The van der Waals surface area contributed by atoms with E-state index < -0.39 is 34.4 Å². The Morgan fingerprint density at radius 1 is 1.37 bits per heavy atom. The van der Waals surface area contributed by atoms with Crippen LogP contribution < -0.4 is 10.5 Å². The Hall–Kier alpha value is -1.64. The molecule has 0 aliphatic carbocycles. The third-order valence-electron chi connectivity index (χ3n) is 2.13. The first-order valence-electron chi connectivity index (χ1n) is 5.02. The van der Waals surface area contributed by atoms with Crippen LogP contribution in [0, 0.1) is 0 Å². The molecule has 19 heavy (non-hydrogen) atoms. The molecule has 0 aliphatic heterocycles. The molecule has 0 radical (unpaired) electrons. The number of amides is 1. The first-order chi connectivity index (χ1) is 8.74. The lowest BCUT2D eigenvalue weighted by atomic mass is 10.2. The second-order valence-electron chi connectivity index (χ2n) is 3.61. The van der Waals surface area contributed by atoms with Crippen LogP contribution in [-0.4, -0.2) is 31.4 Å². The van der Waals surface area contributed by atoms with E-state index in [1.807, 2.05) is 4.72 Å². The number of aliphatic carboxylic acids is 1. The highest BCUT2D eigenvalue weighted by molar-refractivity contribution is 7.89. The zero-order valence-electron chi connectivity index (χ0n) is 9.54. The number of hydrogen-bond acceptors (Lipinski definition) is 4. The summed E-state index contributed by atoms with van der Waals surface area (Å²) in [7, 11) is -4.15. The average molecular weight is 307 g/mol. The fraction of sp³-hybridized carbons (Fsp3) is 0.200. The van der Waals surface area contributed by atoms with Gasteiger partial charge < -0.3 is 10.8 Å². The molecule has 9 heteroatoms. The lowest BCUT2D eigenvalue weighted by Gasteiger charge is -2.13. The molecular formula is C10H11ClN2O5S. The molecule has 0 heterocycles. The summed E-state index contributed by atoms with van der Waals surface area (Å²) in [6, 6.07) is 3.89. The summed E-state index contributed by atoms with van der Waals surface area (Å²) in [4.78, 5) is 21.3. The Labute approximate surface area is 114 Å². The van der Waals surface area contributed by atoms with E-state index in [0.717, 1.165) is 0 Å². The monoisotopic (exact) mass is 306 g/mol. The normalized spacial score (nSPS) is 12.9. The Morgan fingerprint density at radius 3 is 2.42 bits per heavy atom. The highest BCUT2D eigenvalue weighted by atomic mass is 35.5. The van der Waals surface area contributed by atoms with Gasteiger partial charge in [-0.25, -0.2) is 8.42 Å². The molecule has 0 saturated heterocycles. The first-order valence-corrected chi connectivity index (χ1v) is 6.88. The number of carbonyl (C=O) groups is 2. The largest absolute Gasteiger partial charge is 0.480 e. The van der Waals surface area contributed by atoms with E-state index in [9.17, 15) is 18.0 Å². The maximum atomic E-state index is 11.9. The zero-order chi connectivity index (χ0) is 14.6. The Balaban J connectivity index is 3.04. The number of sulfonamides is 1. The van der Waals surface area contributed by atoms with E-state index in [4.69, 9.17) is 22.4 Å². The maximum Gasteiger partial charge on any atom is 0.322 e. The van der Waals surface area contributed by atoms with Crippen molar-refractivity contribution >= 4 is 33.5 Å². The van der Waals surface area contributed by atoms with Gasteiger partial charge in [0, 0.05) is 0 Å². The average Bonchev–Trinajstić information content (AvgIpc) is 2.27. The van der Waals surface area contributed by atoms with Crippen molar-refractivity contribution in [2.24, 2.45) is 5.73 Å². The van der Waals surface area contributed by atoms with Crippen LogP contribution in [0.5, 0.6) is 0 Å². The molecule has 1 atom stereocenters. The van der Waals surface area contributed by atoms with E-state index in [2.05, 4.69) is 0 Å². The third kappa shape index (κ3) is 4.19. The van der Waals surface area contributed by atoms with E-state index >= 15 is 0 Å². The fourth-order valence-electron chi connectivity index (χ4n) is 1.29. The molecule has 0 unspecified atom stereocenters. The quantitative estimate of drug-likeness (QED) is 0.679. The standard InChI is InChI=1S/C10H11ClN2O5S/c11-6-3-1-2-4-8(6)19(17,18)13-7(10(15)16)5-9(12)14/h1-4,7,13H,5H2,(H2,12,14)(H,15,16)/t7-/m1/s1. The predicted molar refractivity (Wildman–Crippen MR) is 67.0 cm³/mol. The van der Waals surface area contributed by atoms with Gasteiger partial charge in [0.1, 0.15) is 10.9 Å². The summed E-state index contributed by atoms with van der Waals surface area (Å²) in [6.07, 6.45) is -0.654. The Morgan fingerprint density at radius 2 is 1.95 bits per heavy atom. The van der Waals surface area contributed by atoms with E-state index in [-0.39, 0.29) is 9.92 Å². The lowest BCUT2D eigenvalue weighted by Crippen LogP contribution is -2.43. The van der Waals surface area contributed by atoms with Gasteiger partial charge in [-0.05, 0) is 12.1 Å². The Bertz CT molecular complexity index is 602. The SMILES string of the molecule is NC(=O)C[C@@H](NS(=O)(=O)c1ccccc1Cl)C(=O)O. The van der Waals surface area contributed by atoms with Gasteiger partial charge in [-0.1, -0.05) is 23.7 Å². The molecule has 1 aromatic carbocycles. The van der Waals surface area contributed by atoms with Crippen LogP contribution in [0.3, 0.4) is 0 Å². The molecule has 1 aromatic rings. The molecule has 0 aromatic heterocycles. The molecule has 104 valence electrons. The van der Waals surface area contributed by atoms with Gasteiger partial charge in [-0.15, -0.1) is 0 Å².